The third kappa shape index (κ3) is 4.53. The van der Waals surface area contributed by atoms with E-state index in [0.29, 0.717) is 21.4 Å². The topological polar surface area (TPSA) is 26.3 Å². The van der Waals surface area contributed by atoms with Crippen molar-refractivity contribution in [2.75, 3.05) is 0 Å². The van der Waals surface area contributed by atoms with E-state index in [-0.39, 0.29) is 12.1 Å². The van der Waals surface area contributed by atoms with Gasteiger partial charge in [-0.15, -0.1) is 0 Å². The maximum absolute atomic E-state index is 11.3. The summed E-state index contributed by atoms with van der Waals surface area (Å²) in [7, 11) is 0. The summed E-state index contributed by atoms with van der Waals surface area (Å²) < 4.78 is 5.43. The minimum absolute atomic E-state index is 0.00279. The van der Waals surface area contributed by atoms with Crippen LogP contribution in [0.25, 0.3) is 0 Å². The fraction of sp³-hybridized carbons (Fsp3) is 0.500. The van der Waals surface area contributed by atoms with E-state index in [0.717, 1.165) is 29.9 Å². The molecule has 1 unspecified atom stereocenters. The minimum atomic E-state index is 0.00279. The van der Waals surface area contributed by atoms with Gasteiger partial charge in [-0.2, -0.15) is 0 Å². The van der Waals surface area contributed by atoms with Gasteiger partial charge >= 0.3 is 109 Å². The first-order valence-electron chi connectivity index (χ1n) is 6.16. The Morgan fingerprint density at radius 3 is 2.88 bits per heavy atom. The van der Waals surface area contributed by atoms with Crippen molar-refractivity contribution in [2.24, 2.45) is 0 Å². The van der Waals surface area contributed by atoms with Crippen molar-refractivity contribution < 1.29 is 9.53 Å². The molecule has 2 rings (SSSR count). The van der Waals surface area contributed by atoms with E-state index >= 15 is 0 Å². The molecule has 0 saturated carbocycles. The first-order chi connectivity index (χ1) is 8.34. The second kappa shape index (κ2) is 6.83. The fourth-order valence-electron chi connectivity index (χ4n) is 1.94. The summed E-state index contributed by atoms with van der Waals surface area (Å²) in [5.41, 5.74) is 1.40. The molecule has 0 amide bonds. The number of esters is 1. The van der Waals surface area contributed by atoms with Crippen LogP contribution in [0.3, 0.4) is 0 Å². The van der Waals surface area contributed by atoms with E-state index in [4.69, 9.17) is 4.74 Å². The van der Waals surface area contributed by atoms with Gasteiger partial charge in [0.25, 0.3) is 0 Å². The average molecular weight is 297 g/mol. The molecule has 0 N–H and O–H groups in total. The molecule has 1 heterocycles. The zero-order valence-electron chi connectivity index (χ0n) is 9.93. The zero-order chi connectivity index (χ0) is 11.9. The molecule has 3 heteroatoms. The van der Waals surface area contributed by atoms with Crippen LogP contribution in [0, 0.1) is 0 Å². The third-order valence-electron chi connectivity index (χ3n) is 2.87. The van der Waals surface area contributed by atoms with E-state index in [9.17, 15) is 4.79 Å². The Hall–Kier alpha value is -0.791. The number of carbonyl (C=O) groups is 1. The Kier molecular flexibility index (Phi) is 5.08. The predicted octanol–water partition coefficient (Wildman–Crippen LogP) is 2.79. The number of hydrogen-bond donors (Lipinski definition) is 0. The molecule has 92 valence electrons. The van der Waals surface area contributed by atoms with Gasteiger partial charge in [-0.1, -0.05) is 0 Å². The molecule has 0 aliphatic carbocycles. The Labute approximate surface area is 109 Å². The van der Waals surface area contributed by atoms with Crippen LogP contribution in [0.4, 0.5) is 0 Å². The molecule has 1 saturated heterocycles. The summed E-state index contributed by atoms with van der Waals surface area (Å²) in [6.45, 7) is 0. The van der Waals surface area contributed by atoms with Crippen LogP contribution in [0.1, 0.15) is 31.2 Å². The summed E-state index contributed by atoms with van der Waals surface area (Å²) in [6, 6.07) is 10.5. The standard InChI is InChI=1S/C14H18O2Se/c15-14-9-5-4-8-13(16-14)11-17-10-12-6-2-1-3-7-12/h1-3,6-7,13H,4-5,8-11H2. The van der Waals surface area contributed by atoms with E-state index in [1.165, 1.54) is 5.56 Å². The molecule has 0 radical (unpaired) electrons. The Morgan fingerprint density at radius 2 is 2.06 bits per heavy atom. The van der Waals surface area contributed by atoms with Gasteiger partial charge in [0.15, 0.2) is 0 Å². The van der Waals surface area contributed by atoms with E-state index in [1.807, 2.05) is 6.07 Å². The van der Waals surface area contributed by atoms with Crippen molar-refractivity contribution in [3.63, 3.8) is 0 Å². The Balaban J connectivity index is 1.72. The van der Waals surface area contributed by atoms with Crippen molar-refractivity contribution in [3.8, 4) is 0 Å². The van der Waals surface area contributed by atoms with Gasteiger partial charge in [-0.25, -0.2) is 0 Å². The predicted molar refractivity (Wildman–Crippen MR) is 69.1 cm³/mol. The van der Waals surface area contributed by atoms with Crippen LogP contribution < -0.4 is 0 Å². The van der Waals surface area contributed by atoms with Crippen LogP contribution in [-0.2, 0) is 14.9 Å². The van der Waals surface area contributed by atoms with Crippen LogP contribution in [0.5, 0.6) is 0 Å². The normalized spacial score (nSPS) is 20.7. The van der Waals surface area contributed by atoms with Gasteiger partial charge in [0.05, 0.1) is 0 Å². The van der Waals surface area contributed by atoms with Crippen molar-refractivity contribution in [3.05, 3.63) is 35.9 Å². The molecule has 1 aromatic rings. The molecular weight excluding hydrogens is 279 g/mol. The van der Waals surface area contributed by atoms with Crippen molar-refractivity contribution in [2.45, 2.75) is 42.4 Å². The second-order valence-electron chi connectivity index (χ2n) is 4.36. The molecule has 2 nitrogen and oxygen atoms in total. The van der Waals surface area contributed by atoms with Gasteiger partial charge < -0.3 is 0 Å². The Bertz CT molecular complexity index is 350. The third-order valence-corrected chi connectivity index (χ3v) is 5.27. The van der Waals surface area contributed by atoms with E-state index in [1.54, 1.807) is 0 Å². The molecule has 1 aliphatic heterocycles. The van der Waals surface area contributed by atoms with Gasteiger partial charge in [-0.05, 0) is 0 Å². The van der Waals surface area contributed by atoms with Gasteiger partial charge in [0.2, 0.25) is 0 Å². The summed E-state index contributed by atoms with van der Waals surface area (Å²) in [4.78, 5) is 11.3. The van der Waals surface area contributed by atoms with Crippen molar-refractivity contribution >= 4 is 20.9 Å². The number of hydrogen-bond acceptors (Lipinski definition) is 2. The molecule has 0 spiro atoms. The first kappa shape index (κ1) is 12.7. The maximum atomic E-state index is 11.3. The molecule has 1 atom stereocenters. The molecule has 17 heavy (non-hydrogen) atoms. The number of carbonyl (C=O) groups excluding carboxylic acids is 1. The summed E-state index contributed by atoms with van der Waals surface area (Å²) in [5.74, 6) is 0.00279. The van der Waals surface area contributed by atoms with Gasteiger partial charge in [0, 0.05) is 0 Å². The van der Waals surface area contributed by atoms with Gasteiger partial charge in [-0.3, -0.25) is 0 Å². The molecule has 1 aromatic carbocycles. The number of rotatable bonds is 4. The number of benzene rings is 1. The van der Waals surface area contributed by atoms with Crippen LogP contribution in [-0.4, -0.2) is 27.0 Å². The van der Waals surface area contributed by atoms with Crippen LogP contribution in [0.15, 0.2) is 30.3 Å². The van der Waals surface area contributed by atoms with Gasteiger partial charge in [0.1, 0.15) is 0 Å². The average Bonchev–Trinajstić information content (AvgIpc) is 2.55. The number of ether oxygens (including phenoxy) is 1. The molecule has 0 aromatic heterocycles. The second-order valence-corrected chi connectivity index (χ2v) is 6.52. The molecule has 0 bridgehead atoms. The Morgan fingerprint density at radius 1 is 1.24 bits per heavy atom. The van der Waals surface area contributed by atoms with E-state index in [2.05, 4.69) is 24.3 Å². The quantitative estimate of drug-likeness (QED) is 0.631. The van der Waals surface area contributed by atoms with Crippen molar-refractivity contribution in [1.82, 2.24) is 0 Å². The first-order valence-corrected chi connectivity index (χ1v) is 8.58. The van der Waals surface area contributed by atoms with Crippen molar-refractivity contribution in [1.29, 1.82) is 0 Å². The SMILES string of the molecule is O=C1CCCCC(C[Se]Cc2ccccc2)O1. The van der Waals surface area contributed by atoms with Crippen LogP contribution >= 0.6 is 0 Å². The summed E-state index contributed by atoms with van der Waals surface area (Å²) >= 11 is 0.538. The number of cyclic esters (lactones) is 1. The molecule has 1 fully saturated rings. The monoisotopic (exact) mass is 298 g/mol. The summed E-state index contributed by atoms with van der Waals surface area (Å²) in [5, 5.41) is 2.20. The zero-order valence-corrected chi connectivity index (χ0v) is 11.6. The molecular formula is C14H18O2Se. The van der Waals surface area contributed by atoms with E-state index < -0.39 is 0 Å². The van der Waals surface area contributed by atoms with Crippen LogP contribution in [0.2, 0.25) is 5.32 Å². The molecule has 1 aliphatic rings. The fourth-order valence-corrected chi connectivity index (χ4v) is 4.13. The summed E-state index contributed by atoms with van der Waals surface area (Å²) in [6.07, 6.45) is 4.00.